The summed E-state index contributed by atoms with van der Waals surface area (Å²) in [5, 5.41) is 2.91. The number of carbonyl (C=O) groups excluding carboxylic acids is 2. The molecule has 2 amide bonds. The molecule has 0 radical (unpaired) electrons. The lowest BCUT2D eigenvalue weighted by molar-refractivity contribution is -0.129. The van der Waals surface area contributed by atoms with E-state index in [1.165, 1.54) is 0 Å². The van der Waals surface area contributed by atoms with Crippen LogP contribution in [0.4, 0.5) is 0 Å². The second kappa shape index (κ2) is 8.08. The molecule has 0 spiro atoms. The number of rotatable bonds is 7. The van der Waals surface area contributed by atoms with E-state index in [4.69, 9.17) is 9.15 Å². The van der Waals surface area contributed by atoms with Gasteiger partial charge in [0.15, 0.2) is 0 Å². The lowest BCUT2D eigenvalue weighted by Crippen LogP contribution is -2.34. The molecule has 1 aromatic carbocycles. The highest BCUT2D eigenvalue weighted by Gasteiger charge is 2.34. The summed E-state index contributed by atoms with van der Waals surface area (Å²) in [5.41, 5.74) is 0.942. The summed E-state index contributed by atoms with van der Waals surface area (Å²) in [6.07, 6.45) is 0.895. The average Bonchev–Trinajstić information content (AvgIpc) is 3.21. The first-order valence-electron chi connectivity index (χ1n) is 8.79. The molecule has 0 unspecified atom stereocenters. The van der Waals surface area contributed by atoms with Crippen LogP contribution in [0.25, 0.3) is 0 Å². The molecule has 1 aliphatic rings. The fourth-order valence-corrected chi connectivity index (χ4v) is 3.21. The van der Waals surface area contributed by atoms with Crippen LogP contribution in [0.3, 0.4) is 0 Å². The lowest BCUT2D eigenvalue weighted by Gasteiger charge is -2.18. The normalized spacial score (nSPS) is 16.8. The average molecular weight is 356 g/mol. The van der Waals surface area contributed by atoms with Gasteiger partial charge in [-0.3, -0.25) is 9.59 Å². The smallest absolute Gasteiger partial charge is 0.225 e. The second-order valence-electron chi connectivity index (χ2n) is 6.54. The third kappa shape index (κ3) is 4.25. The standard InChI is InChI=1S/C20H24N2O4/c1-14-7-8-17(26-14)9-10-21-20(24)16-11-19(23)22(13-16)12-15-5-3-4-6-18(15)25-2/h3-8,16H,9-13H2,1-2H3,(H,21,24)/t16-/m0/s1. The van der Waals surface area contributed by atoms with Gasteiger partial charge < -0.3 is 19.4 Å². The van der Waals surface area contributed by atoms with E-state index in [1.807, 2.05) is 43.3 Å². The van der Waals surface area contributed by atoms with E-state index in [9.17, 15) is 9.59 Å². The Labute approximate surface area is 153 Å². The largest absolute Gasteiger partial charge is 0.496 e. The van der Waals surface area contributed by atoms with Gasteiger partial charge in [0, 0.05) is 38.0 Å². The van der Waals surface area contributed by atoms with Crippen molar-refractivity contribution in [3.63, 3.8) is 0 Å². The van der Waals surface area contributed by atoms with Crippen LogP contribution in [0.5, 0.6) is 5.75 Å². The van der Waals surface area contributed by atoms with Gasteiger partial charge in [-0.1, -0.05) is 18.2 Å². The molecule has 2 heterocycles. The van der Waals surface area contributed by atoms with Crippen LogP contribution in [0.1, 0.15) is 23.5 Å². The van der Waals surface area contributed by atoms with Crippen molar-refractivity contribution in [3.05, 3.63) is 53.5 Å². The number of hydrogen-bond donors (Lipinski definition) is 1. The Balaban J connectivity index is 1.51. The molecule has 1 N–H and O–H groups in total. The number of hydrogen-bond acceptors (Lipinski definition) is 4. The van der Waals surface area contributed by atoms with Crippen LogP contribution in [0.2, 0.25) is 0 Å². The molecule has 1 aromatic heterocycles. The fourth-order valence-electron chi connectivity index (χ4n) is 3.21. The number of carbonyl (C=O) groups is 2. The van der Waals surface area contributed by atoms with Crippen molar-refractivity contribution in [2.24, 2.45) is 5.92 Å². The summed E-state index contributed by atoms with van der Waals surface area (Å²) < 4.78 is 10.8. The van der Waals surface area contributed by atoms with Crippen molar-refractivity contribution in [2.75, 3.05) is 20.2 Å². The van der Waals surface area contributed by atoms with E-state index in [1.54, 1.807) is 12.0 Å². The number of nitrogens with zero attached hydrogens (tertiary/aromatic N) is 1. The van der Waals surface area contributed by atoms with Gasteiger partial charge in [-0.25, -0.2) is 0 Å². The highest BCUT2D eigenvalue weighted by atomic mass is 16.5. The zero-order valence-electron chi connectivity index (χ0n) is 15.2. The van der Waals surface area contributed by atoms with Crippen LogP contribution in [-0.4, -0.2) is 36.9 Å². The summed E-state index contributed by atoms with van der Waals surface area (Å²) in [7, 11) is 1.61. The van der Waals surface area contributed by atoms with Gasteiger partial charge in [-0.05, 0) is 25.1 Å². The Morgan fingerprint density at radius 1 is 1.31 bits per heavy atom. The molecule has 0 bridgehead atoms. The highest BCUT2D eigenvalue weighted by Crippen LogP contribution is 2.24. The van der Waals surface area contributed by atoms with Crippen molar-refractivity contribution >= 4 is 11.8 Å². The number of likely N-dealkylation sites (tertiary alicyclic amines) is 1. The minimum absolute atomic E-state index is 0.00212. The molecule has 138 valence electrons. The molecule has 6 heteroatoms. The van der Waals surface area contributed by atoms with Crippen LogP contribution >= 0.6 is 0 Å². The molecule has 1 fully saturated rings. The number of methoxy groups -OCH3 is 1. The maximum absolute atomic E-state index is 12.4. The minimum Gasteiger partial charge on any atom is -0.496 e. The monoisotopic (exact) mass is 356 g/mol. The predicted octanol–water partition coefficient (Wildman–Crippen LogP) is 2.30. The maximum Gasteiger partial charge on any atom is 0.225 e. The van der Waals surface area contributed by atoms with Crippen LogP contribution in [0.15, 0.2) is 40.8 Å². The first-order valence-corrected chi connectivity index (χ1v) is 8.79. The van der Waals surface area contributed by atoms with E-state index in [-0.39, 0.29) is 24.2 Å². The molecule has 3 rings (SSSR count). The Hall–Kier alpha value is -2.76. The predicted molar refractivity (Wildman–Crippen MR) is 96.7 cm³/mol. The number of ether oxygens (including phenoxy) is 1. The van der Waals surface area contributed by atoms with E-state index in [0.717, 1.165) is 22.8 Å². The zero-order chi connectivity index (χ0) is 18.5. The SMILES string of the molecule is COc1ccccc1CN1C[C@@H](C(=O)NCCc2ccc(C)o2)CC1=O. The number of para-hydroxylation sites is 1. The molecule has 1 atom stereocenters. The third-order valence-corrected chi connectivity index (χ3v) is 4.61. The van der Waals surface area contributed by atoms with Crippen LogP contribution in [0, 0.1) is 12.8 Å². The highest BCUT2D eigenvalue weighted by molar-refractivity contribution is 5.89. The number of furan rings is 1. The van der Waals surface area contributed by atoms with Gasteiger partial charge in [0.1, 0.15) is 17.3 Å². The summed E-state index contributed by atoms with van der Waals surface area (Å²) in [6, 6.07) is 11.4. The molecular formula is C20H24N2O4. The van der Waals surface area contributed by atoms with Crippen LogP contribution in [-0.2, 0) is 22.6 Å². The van der Waals surface area contributed by atoms with Gasteiger partial charge in [0.25, 0.3) is 0 Å². The van der Waals surface area contributed by atoms with E-state index in [2.05, 4.69) is 5.32 Å². The van der Waals surface area contributed by atoms with E-state index < -0.39 is 0 Å². The Kier molecular flexibility index (Phi) is 5.61. The number of nitrogens with one attached hydrogen (secondary N) is 1. The molecule has 0 saturated carbocycles. The Morgan fingerprint density at radius 3 is 2.85 bits per heavy atom. The number of benzene rings is 1. The topological polar surface area (TPSA) is 71.8 Å². The van der Waals surface area contributed by atoms with Crippen molar-refractivity contribution in [1.29, 1.82) is 0 Å². The van der Waals surface area contributed by atoms with Crippen molar-refractivity contribution in [1.82, 2.24) is 10.2 Å². The summed E-state index contributed by atoms with van der Waals surface area (Å²) in [6.45, 7) is 3.28. The van der Waals surface area contributed by atoms with Gasteiger partial charge in [0.2, 0.25) is 11.8 Å². The maximum atomic E-state index is 12.4. The van der Waals surface area contributed by atoms with E-state index in [0.29, 0.717) is 26.1 Å². The molecule has 2 aromatic rings. The first kappa shape index (κ1) is 18.0. The summed E-state index contributed by atoms with van der Waals surface area (Å²) in [5.74, 6) is 2.07. The quantitative estimate of drug-likeness (QED) is 0.826. The van der Waals surface area contributed by atoms with Gasteiger partial charge in [0.05, 0.1) is 13.0 Å². The van der Waals surface area contributed by atoms with Gasteiger partial charge in [-0.15, -0.1) is 0 Å². The van der Waals surface area contributed by atoms with Gasteiger partial charge >= 0.3 is 0 Å². The minimum atomic E-state index is -0.310. The molecular weight excluding hydrogens is 332 g/mol. The lowest BCUT2D eigenvalue weighted by atomic mass is 10.1. The Morgan fingerprint density at radius 2 is 2.12 bits per heavy atom. The Bertz CT molecular complexity index is 784. The summed E-state index contributed by atoms with van der Waals surface area (Å²) in [4.78, 5) is 26.4. The number of aryl methyl sites for hydroxylation is 1. The zero-order valence-corrected chi connectivity index (χ0v) is 15.2. The molecule has 1 aliphatic heterocycles. The molecule has 0 aliphatic carbocycles. The third-order valence-electron chi connectivity index (χ3n) is 4.61. The first-order chi connectivity index (χ1) is 12.6. The molecule has 6 nitrogen and oxygen atoms in total. The van der Waals surface area contributed by atoms with Crippen molar-refractivity contribution < 1.29 is 18.7 Å². The van der Waals surface area contributed by atoms with E-state index >= 15 is 0 Å². The van der Waals surface area contributed by atoms with Gasteiger partial charge in [-0.2, -0.15) is 0 Å². The van der Waals surface area contributed by atoms with Crippen molar-refractivity contribution in [3.8, 4) is 5.75 Å². The van der Waals surface area contributed by atoms with Crippen LogP contribution < -0.4 is 10.1 Å². The fraction of sp³-hybridized carbons (Fsp3) is 0.400. The number of amides is 2. The molecule has 26 heavy (non-hydrogen) atoms. The second-order valence-corrected chi connectivity index (χ2v) is 6.54. The molecule has 1 saturated heterocycles. The van der Waals surface area contributed by atoms with Crippen molar-refractivity contribution in [2.45, 2.75) is 26.3 Å². The summed E-state index contributed by atoms with van der Waals surface area (Å²) >= 11 is 0.